The molecule has 1 aliphatic rings. The molecule has 1 heterocycles. The van der Waals surface area contributed by atoms with Gasteiger partial charge in [-0.3, -0.25) is 0 Å². The Morgan fingerprint density at radius 3 is 2.79 bits per heavy atom. The van der Waals surface area contributed by atoms with Crippen molar-refractivity contribution in [1.82, 2.24) is 0 Å². The van der Waals surface area contributed by atoms with Crippen molar-refractivity contribution in [1.29, 1.82) is 0 Å². The molecule has 0 saturated heterocycles. The molecule has 2 heteroatoms. The second-order valence-corrected chi connectivity index (χ2v) is 4.18. The lowest BCUT2D eigenvalue weighted by Gasteiger charge is -2.29. The average Bonchev–Trinajstić information content (AvgIpc) is 2.07. The number of aliphatic hydroxyl groups is 1. The summed E-state index contributed by atoms with van der Waals surface area (Å²) in [5.41, 5.74) is 3.24. The molecular weight excluding hydrogens is 176 g/mol. The normalized spacial score (nSPS) is 25.4. The minimum absolute atomic E-state index is 0.110. The number of fused-ring (bicyclic) bond motifs is 1. The van der Waals surface area contributed by atoms with Gasteiger partial charge in [0.25, 0.3) is 0 Å². The summed E-state index contributed by atoms with van der Waals surface area (Å²) in [7, 11) is 0. The molecule has 0 fully saturated rings. The van der Waals surface area contributed by atoms with E-state index in [-0.39, 0.29) is 12.2 Å². The Kier molecular flexibility index (Phi) is 2.23. The van der Waals surface area contributed by atoms with Crippen LogP contribution in [-0.2, 0) is 0 Å². The fourth-order valence-electron chi connectivity index (χ4n) is 2.09. The Morgan fingerprint density at radius 1 is 1.36 bits per heavy atom. The molecule has 2 rings (SSSR count). The molecule has 1 aromatic carbocycles. The molecule has 1 N–H and O–H groups in total. The topological polar surface area (TPSA) is 29.5 Å². The Morgan fingerprint density at radius 2 is 2.07 bits per heavy atom. The van der Waals surface area contributed by atoms with E-state index in [1.165, 1.54) is 5.56 Å². The van der Waals surface area contributed by atoms with Crippen LogP contribution in [0.1, 0.15) is 36.1 Å². The third kappa shape index (κ3) is 1.50. The number of hydrogen-bond donors (Lipinski definition) is 1. The smallest absolute Gasteiger partial charge is 0.128 e. The van der Waals surface area contributed by atoms with Gasteiger partial charge in [-0.25, -0.2) is 0 Å². The third-order valence-electron chi connectivity index (χ3n) is 2.68. The standard InChI is InChI=1S/C12H16O2/c1-7-4-8(2)12-10(5-7)11(13)6-9(3)14-12/h4-5,9,11,13H,6H2,1-3H3. The first kappa shape index (κ1) is 9.53. The van der Waals surface area contributed by atoms with E-state index >= 15 is 0 Å². The first-order valence-electron chi connectivity index (χ1n) is 5.04. The molecule has 2 atom stereocenters. The molecule has 2 unspecified atom stereocenters. The Labute approximate surface area is 84.5 Å². The molecule has 1 aliphatic heterocycles. The summed E-state index contributed by atoms with van der Waals surface area (Å²) < 4.78 is 5.73. The van der Waals surface area contributed by atoms with E-state index in [1.54, 1.807) is 0 Å². The Hall–Kier alpha value is -1.02. The molecule has 0 radical (unpaired) electrons. The highest BCUT2D eigenvalue weighted by molar-refractivity contribution is 5.46. The zero-order chi connectivity index (χ0) is 10.3. The maximum atomic E-state index is 9.90. The molecule has 0 saturated carbocycles. The van der Waals surface area contributed by atoms with Crippen LogP contribution >= 0.6 is 0 Å². The van der Waals surface area contributed by atoms with Gasteiger partial charge >= 0.3 is 0 Å². The van der Waals surface area contributed by atoms with Crippen molar-refractivity contribution < 1.29 is 9.84 Å². The van der Waals surface area contributed by atoms with Gasteiger partial charge in [-0.05, 0) is 32.4 Å². The van der Waals surface area contributed by atoms with Gasteiger partial charge < -0.3 is 9.84 Å². The third-order valence-corrected chi connectivity index (χ3v) is 2.68. The fourth-order valence-corrected chi connectivity index (χ4v) is 2.09. The molecule has 14 heavy (non-hydrogen) atoms. The van der Waals surface area contributed by atoms with E-state index in [1.807, 2.05) is 26.8 Å². The van der Waals surface area contributed by atoms with Crippen LogP contribution in [0.3, 0.4) is 0 Å². The maximum Gasteiger partial charge on any atom is 0.128 e. The van der Waals surface area contributed by atoms with E-state index in [0.29, 0.717) is 6.42 Å². The first-order valence-corrected chi connectivity index (χ1v) is 5.04. The molecule has 0 bridgehead atoms. The minimum Gasteiger partial charge on any atom is -0.490 e. The van der Waals surface area contributed by atoms with Gasteiger partial charge in [0.15, 0.2) is 0 Å². The van der Waals surface area contributed by atoms with E-state index in [2.05, 4.69) is 6.07 Å². The van der Waals surface area contributed by atoms with Crippen LogP contribution in [0.5, 0.6) is 5.75 Å². The number of aliphatic hydroxyl groups excluding tert-OH is 1. The van der Waals surface area contributed by atoms with Crippen LogP contribution in [0.15, 0.2) is 12.1 Å². The van der Waals surface area contributed by atoms with Crippen molar-refractivity contribution in [2.45, 2.75) is 39.4 Å². The van der Waals surface area contributed by atoms with Crippen molar-refractivity contribution >= 4 is 0 Å². The number of ether oxygens (including phenoxy) is 1. The lowest BCUT2D eigenvalue weighted by Crippen LogP contribution is -2.23. The lowest BCUT2D eigenvalue weighted by molar-refractivity contribution is 0.0742. The Balaban J connectivity index is 2.53. The van der Waals surface area contributed by atoms with Crippen molar-refractivity contribution in [2.75, 3.05) is 0 Å². The van der Waals surface area contributed by atoms with Gasteiger partial charge in [0, 0.05) is 12.0 Å². The first-order chi connectivity index (χ1) is 6.58. The minimum atomic E-state index is -0.368. The largest absolute Gasteiger partial charge is 0.490 e. The van der Waals surface area contributed by atoms with Crippen LogP contribution in [0.25, 0.3) is 0 Å². The Bertz CT molecular complexity index is 358. The molecule has 0 aromatic heterocycles. The predicted molar refractivity (Wildman–Crippen MR) is 55.6 cm³/mol. The van der Waals surface area contributed by atoms with Crippen LogP contribution in [-0.4, -0.2) is 11.2 Å². The molecule has 2 nitrogen and oxygen atoms in total. The summed E-state index contributed by atoms with van der Waals surface area (Å²) in [5.74, 6) is 0.877. The SMILES string of the molecule is Cc1cc(C)c2c(c1)C(O)CC(C)O2. The van der Waals surface area contributed by atoms with Gasteiger partial charge in [0.1, 0.15) is 5.75 Å². The average molecular weight is 192 g/mol. The van der Waals surface area contributed by atoms with Gasteiger partial charge in [-0.2, -0.15) is 0 Å². The van der Waals surface area contributed by atoms with E-state index in [0.717, 1.165) is 16.9 Å². The summed E-state index contributed by atoms with van der Waals surface area (Å²) in [6.45, 7) is 6.06. The molecule has 0 aliphatic carbocycles. The zero-order valence-corrected chi connectivity index (χ0v) is 8.87. The number of benzene rings is 1. The van der Waals surface area contributed by atoms with Crippen LogP contribution in [0.4, 0.5) is 0 Å². The maximum absolute atomic E-state index is 9.90. The number of rotatable bonds is 0. The molecule has 0 spiro atoms. The second kappa shape index (κ2) is 3.28. The molecule has 76 valence electrons. The zero-order valence-electron chi connectivity index (χ0n) is 8.87. The number of aryl methyl sites for hydroxylation is 2. The summed E-state index contributed by atoms with van der Waals surface area (Å²) in [6, 6.07) is 4.10. The van der Waals surface area contributed by atoms with Crippen molar-refractivity contribution in [2.24, 2.45) is 0 Å². The highest BCUT2D eigenvalue weighted by atomic mass is 16.5. The summed E-state index contributed by atoms with van der Waals surface area (Å²) in [5, 5.41) is 9.90. The van der Waals surface area contributed by atoms with E-state index in [9.17, 15) is 5.11 Å². The molecule has 1 aromatic rings. The monoisotopic (exact) mass is 192 g/mol. The van der Waals surface area contributed by atoms with Gasteiger partial charge in [0.2, 0.25) is 0 Å². The second-order valence-electron chi connectivity index (χ2n) is 4.18. The van der Waals surface area contributed by atoms with Crippen molar-refractivity contribution in [3.8, 4) is 5.75 Å². The number of hydrogen-bond acceptors (Lipinski definition) is 2. The highest BCUT2D eigenvalue weighted by Crippen LogP contribution is 2.37. The van der Waals surface area contributed by atoms with Gasteiger partial charge in [-0.1, -0.05) is 11.6 Å². The van der Waals surface area contributed by atoms with E-state index < -0.39 is 0 Å². The fraction of sp³-hybridized carbons (Fsp3) is 0.500. The quantitative estimate of drug-likeness (QED) is 0.684. The summed E-state index contributed by atoms with van der Waals surface area (Å²) >= 11 is 0. The highest BCUT2D eigenvalue weighted by Gasteiger charge is 2.25. The van der Waals surface area contributed by atoms with Crippen LogP contribution in [0, 0.1) is 13.8 Å². The molecule has 0 amide bonds. The summed E-state index contributed by atoms with van der Waals surface area (Å²) in [6.07, 6.45) is 0.432. The van der Waals surface area contributed by atoms with Gasteiger partial charge in [-0.15, -0.1) is 0 Å². The van der Waals surface area contributed by atoms with Gasteiger partial charge in [0.05, 0.1) is 12.2 Å². The van der Waals surface area contributed by atoms with Crippen LogP contribution < -0.4 is 4.74 Å². The summed E-state index contributed by atoms with van der Waals surface area (Å²) in [4.78, 5) is 0. The van der Waals surface area contributed by atoms with Crippen molar-refractivity contribution in [3.05, 3.63) is 28.8 Å². The van der Waals surface area contributed by atoms with Crippen LogP contribution in [0.2, 0.25) is 0 Å². The van der Waals surface area contributed by atoms with E-state index in [4.69, 9.17) is 4.74 Å². The predicted octanol–water partition coefficient (Wildman–Crippen LogP) is 2.51. The van der Waals surface area contributed by atoms with Crippen molar-refractivity contribution in [3.63, 3.8) is 0 Å². The molecular formula is C12H16O2. The lowest BCUT2D eigenvalue weighted by atomic mass is 9.95.